The van der Waals surface area contributed by atoms with Crippen LogP contribution in [-0.4, -0.2) is 34.1 Å². The van der Waals surface area contributed by atoms with Crippen LogP contribution >= 0.6 is 0 Å². The van der Waals surface area contributed by atoms with Crippen molar-refractivity contribution in [2.75, 3.05) is 6.61 Å². The molecule has 0 unspecified atom stereocenters. The molecule has 0 aliphatic rings. The van der Waals surface area contributed by atoms with Crippen molar-refractivity contribution in [3.63, 3.8) is 0 Å². The van der Waals surface area contributed by atoms with Gasteiger partial charge in [-0.05, 0) is 19.4 Å². The molecule has 2 heterocycles. The number of hydrogen-bond acceptors (Lipinski definition) is 7. The molecule has 0 bridgehead atoms. The lowest BCUT2D eigenvalue weighted by atomic mass is 10.2. The first kappa shape index (κ1) is 21.8. The Balaban J connectivity index is 1.64. The van der Waals surface area contributed by atoms with Crippen LogP contribution in [0, 0.1) is 6.92 Å². The van der Waals surface area contributed by atoms with E-state index >= 15 is 0 Å². The number of carbonyl (C=O) groups is 3. The van der Waals surface area contributed by atoms with Gasteiger partial charge in [-0.3, -0.25) is 19.5 Å². The van der Waals surface area contributed by atoms with Gasteiger partial charge in [0.15, 0.2) is 0 Å². The van der Waals surface area contributed by atoms with Crippen LogP contribution in [0.5, 0.6) is 0 Å². The number of nitrogens with zero attached hydrogens (tertiary/aromatic N) is 2. The molecule has 2 aromatic heterocycles. The van der Waals surface area contributed by atoms with E-state index in [0.29, 0.717) is 0 Å². The normalized spacial score (nSPS) is 10.6. The largest absolute Gasteiger partial charge is 0.462 e. The van der Waals surface area contributed by atoms with E-state index in [1.165, 1.54) is 10.9 Å². The number of amides is 3. The third-order valence-corrected chi connectivity index (χ3v) is 4.46. The Bertz CT molecular complexity index is 1170. The third kappa shape index (κ3) is 5.16. The van der Waals surface area contributed by atoms with Gasteiger partial charge in [-0.1, -0.05) is 30.3 Å². The average molecular weight is 426 g/mol. The van der Waals surface area contributed by atoms with Crippen LogP contribution in [0.25, 0.3) is 11.1 Å². The number of rotatable bonds is 7. The minimum atomic E-state index is -0.678. The van der Waals surface area contributed by atoms with Crippen molar-refractivity contribution >= 4 is 29.0 Å². The highest BCUT2D eigenvalue weighted by atomic mass is 16.5. The Morgan fingerprint density at radius 1 is 1.19 bits per heavy atom. The van der Waals surface area contributed by atoms with Crippen molar-refractivity contribution in [2.24, 2.45) is 0 Å². The summed E-state index contributed by atoms with van der Waals surface area (Å²) in [4.78, 5) is 53.0. The standard InChI is InChI=1S/C21H22N4O6/c1-3-30-20(28)16-13(2)31-18-17(16)19(27)25(12-23-18)10-9-15(26)24-21(29)22-11-14-7-5-4-6-8-14/h4-8,12H,3,9-11H2,1-2H3,(H2,22,24,26,29). The van der Waals surface area contributed by atoms with Crippen LogP contribution < -0.4 is 16.2 Å². The molecule has 0 atom stereocenters. The number of furan rings is 1. The predicted octanol–water partition coefficient (Wildman–Crippen LogP) is 1.89. The zero-order valence-electron chi connectivity index (χ0n) is 17.1. The molecule has 0 radical (unpaired) electrons. The highest BCUT2D eigenvalue weighted by molar-refractivity contribution is 6.03. The predicted molar refractivity (Wildman–Crippen MR) is 110 cm³/mol. The average Bonchev–Trinajstić information content (AvgIpc) is 3.09. The van der Waals surface area contributed by atoms with Crippen molar-refractivity contribution in [3.05, 3.63) is 63.9 Å². The summed E-state index contributed by atoms with van der Waals surface area (Å²) < 4.78 is 11.6. The summed E-state index contributed by atoms with van der Waals surface area (Å²) in [7, 11) is 0. The van der Waals surface area contributed by atoms with Crippen molar-refractivity contribution in [1.29, 1.82) is 0 Å². The summed E-state index contributed by atoms with van der Waals surface area (Å²) in [5.74, 6) is -1.02. The molecule has 0 aliphatic heterocycles. The highest BCUT2D eigenvalue weighted by Crippen LogP contribution is 2.21. The second kappa shape index (κ2) is 9.70. The van der Waals surface area contributed by atoms with Gasteiger partial charge in [0.1, 0.15) is 23.0 Å². The summed E-state index contributed by atoms with van der Waals surface area (Å²) >= 11 is 0. The number of ether oxygens (including phenoxy) is 1. The van der Waals surface area contributed by atoms with E-state index in [2.05, 4.69) is 15.6 Å². The lowest BCUT2D eigenvalue weighted by molar-refractivity contribution is -0.120. The third-order valence-electron chi connectivity index (χ3n) is 4.46. The van der Waals surface area contributed by atoms with Crippen LogP contribution in [0.1, 0.15) is 35.0 Å². The van der Waals surface area contributed by atoms with Gasteiger partial charge in [0.05, 0.1) is 6.61 Å². The Labute approximate surface area is 177 Å². The minimum Gasteiger partial charge on any atom is -0.462 e. The smallest absolute Gasteiger partial charge is 0.342 e. The fourth-order valence-corrected chi connectivity index (χ4v) is 2.98. The molecule has 0 aliphatic carbocycles. The number of imide groups is 1. The number of nitrogens with one attached hydrogen (secondary N) is 2. The number of urea groups is 1. The molecular formula is C21H22N4O6. The summed E-state index contributed by atoms with van der Waals surface area (Å²) in [6.07, 6.45) is 1.09. The van der Waals surface area contributed by atoms with E-state index in [-0.39, 0.29) is 48.5 Å². The minimum absolute atomic E-state index is 0.000498. The number of aryl methyl sites for hydroxylation is 2. The second-order valence-electron chi connectivity index (χ2n) is 6.64. The topological polar surface area (TPSA) is 133 Å². The molecule has 3 amide bonds. The van der Waals surface area contributed by atoms with Crippen molar-refractivity contribution in [1.82, 2.24) is 20.2 Å². The van der Waals surface area contributed by atoms with Gasteiger partial charge in [-0.25, -0.2) is 14.6 Å². The van der Waals surface area contributed by atoms with Gasteiger partial charge in [0, 0.05) is 19.5 Å². The molecule has 0 saturated heterocycles. The zero-order chi connectivity index (χ0) is 22.4. The van der Waals surface area contributed by atoms with Gasteiger partial charge in [0.25, 0.3) is 5.56 Å². The molecule has 162 valence electrons. The first-order chi connectivity index (χ1) is 14.9. The molecule has 0 fully saturated rings. The van der Waals surface area contributed by atoms with Crippen LogP contribution in [0.15, 0.2) is 45.9 Å². The molecule has 0 spiro atoms. The van der Waals surface area contributed by atoms with Crippen molar-refractivity contribution < 1.29 is 23.5 Å². The van der Waals surface area contributed by atoms with E-state index in [1.54, 1.807) is 13.8 Å². The lowest BCUT2D eigenvalue weighted by Crippen LogP contribution is -2.39. The number of aromatic nitrogens is 2. The molecule has 0 saturated carbocycles. The van der Waals surface area contributed by atoms with Crippen molar-refractivity contribution in [3.8, 4) is 0 Å². The van der Waals surface area contributed by atoms with Crippen molar-refractivity contribution in [2.45, 2.75) is 33.4 Å². The maximum atomic E-state index is 12.8. The fourth-order valence-electron chi connectivity index (χ4n) is 2.98. The molecule has 3 rings (SSSR count). The van der Waals surface area contributed by atoms with E-state index in [9.17, 15) is 19.2 Å². The first-order valence-corrected chi connectivity index (χ1v) is 9.68. The van der Waals surface area contributed by atoms with E-state index in [4.69, 9.17) is 9.15 Å². The molecule has 31 heavy (non-hydrogen) atoms. The molecule has 2 N–H and O–H groups in total. The van der Waals surface area contributed by atoms with Crippen LogP contribution in [0.4, 0.5) is 4.79 Å². The number of hydrogen-bond donors (Lipinski definition) is 2. The van der Waals surface area contributed by atoms with E-state index in [0.717, 1.165) is 5.56 Å². The fraction of sp³-hybridized carbons (Fsp3) is 0.286. The molecule has 3 aromatic rings. The number of carbonyl (C=O) groups excluding carboxylic acids is 3. The van der Waals surface area contributed by atoms with Crippen LogP contribution in [-0.2, 0) is 22.6 Å². The molecule has 10 heteroatoms. The second-order valence-corrected chi connectivity index (χ2v) is 6.64. The quantitative estimate of drug-likeness (QED) is 0.551. The SMILES string of the molecule is CCOC(=O)c1c(C)oc2ncn(CCC(=O)NC(=O)NCc3ccccc3)c(=O)c12. The Morgan fingerprint density at radius 3 is 2.65 bits per heavy atom. The van der Waals surface area contributed by atoms with E-state index < -0.39 is 23.5 Å². The van der Waals surface area contributed by atoms with Gasteiger partial charge in [-0.15, -0.1) is 0 Å². The first-order valence-electron chi connectivity index (χ1n) is 9.68. The highest BCUT2D eigenvalue weighted by Gasteiger charge is 2.24. The maximum absolute atomic E-state index is 12.8. The summed E-state index contributed by atoms with van der Waals surface area (Å²) in [6.45, 7) is 3.58. The molecular weight excluding hydrogens is 404 g/mol. The van der Waals surface area contributed by atoms with Gasteiger partial charge in [-0.2, -0.15) is 0 Å². The Morgan fingerprint density at radius 2 is 1.94 bits per heavy atom. The summed E-state index contributed by atoms with van der Waals surface area (Å²) in [6, 6.07) is 8.61. The maximum Gasteiger partial charge on any atom is 0.342 e. The van der Waals surface area contributed by atoms with Crippen LogP contribution in [0.2, 0.25) is 0 Å². The zero-order valence-corrected chi connectivity index (χ0v) is 17.1. The van der Waals surface area contributed by atoms with Crippen LogP contribution in [0.3, 0.4) is 0 Å². The van der Waals surface area contributed by atoms with Gasteiger partial charge in [0.2, 0.25) is 11.6 Å². The number of esters is 1. The summed E-state index contributed by atoms with van der Waals surface area (Å²) in [5.41, 5.74) is 0.398. The summed E-state index contributed by atoms with van der Waals surface area (Å²) in [5, 5.41) is 4.79. The van der Waals surface area contributed by atoms with Gasteiger partial charge >= 0.3 is 12.0 Å². The molecule has 1 aromatic carbocycles. The number of benzene rings is 1. The Kier molecular flexibility index (Phi) is 6.81. The van der Waals surface area contributed by atoms with Gasteiger partial charge < -0.3 is 14.5 Å². The number of fused-ring (bicyclic) bond motifs is 1. The lowest BCUT2D eigenvalue weighted by Gasteiger charge is -2.08. The van der Waals surface area contributed by atoms with E-state index in [1.807, 2.05) is 30.3 Å². The Hall–Kier alpha value is -3.95. The molecule has 10 nitrogen and oxygen atoms in total. The monoisotopic (exact) mass is 426 g/mol.